The van der Waals surface area contributed by atoms with Crippen molar-refractivity contribution in [1.29, 1.82) is 0 Å². The minimum Gasteiger partial charge on any atom is -0.335 e. The summed E-state index contributed by atoms with van der Waals surface area (Å²) in [5.74, 6) is 0.170. The normalized spacial score (nSPS) is 22.8. The van der Waals surface area contributed by atoms with Crippen molar-refractivity contribution in [2.24, 2.45) is 0 Å². The van der Waals surface area contributed by atoms with Crippen LogP contribution >= 0.6 is 0 Å². The quantitative estimate of drug-likeness (QED) is 0.798. The van der Waals surface area contributed by atoms with Crippen LogP contribution in [-0.4, -0.2) is 47.9 Å². The van der Waals surface area contributed by atoms with Crippen LogP contribution < -0.4 is 0 Å². The van der Waals surface area contributed by atoms with E-state index in [1.807, 2.05) is 18.2 Å². The SMILES string of the molecule is Cc1cccc(/C=C/C(=O)N2CCCC2CN2CCCC2)c1. The number of hydrogen-bond donors (Lipinski definition) is 0. The predicted octanol–water partition coefficient (Wildman–Crippen LogP) is 3.10. The zero-order valence-electron chi connectivity index (χ0n) is 13.5. The summed E-state index contributed by atoms with van der Waals surface area (Å²) < 4.78 is 0. The number of rotatable bonds is 4. The van der Waals surface area contributed by atoms with E-state index >= 15 is 0 Å². The summed E-state index contributed by atoms with van der Waals surface area (Å²) in [6, 6.07) is 8.67. The third kappa shape index (κ3) is 3.77. The van der Waals surface area contributed by atoms with E-state index in [9.17, 15) is 4.79 Å². The molecule has 2 fully saturated rings. The van der Waals surface area contributed by atoms with E-state index in [-0.39, 0.29) is 5.91 Å². The maximum atomic E-state index is 12.5. The molecule has 0 bridgehead atoms. The van der Waals surface area contributed by atoms with Gasteiger partial charge in [-0.2, -0.15) is 0 Å². The molecule has 22 heavy (non-hydrogen) atoms. The minimum absolute atomic E-state index is 0.170. The van der Waals surface area contributed by atoms with Crippen molar-refractivity contribution >= 4 is 12.0 Å². The third-order valence-corrected chi connectivity index (χ3v) is 4.79. The highest BCUT2D eigenvalue weighted by Gasteiger charge is 2.29. The molecule has 1 aromatic carbocycles. The zero-order valence-corrected chi connectivity index (χ0v) is 13.5. The van der Waals surface area contributed by atoms with Gasteiger partial charge in [0, 0.05) is 25.2 Å². The maximum Gasteiger partial charge on any atom is 0.246 e. The van der Waals surface area contributed by atoms with Crippen molar-refractivity contribution in [3.63, 3.8) is 0 Å². The molecule has 3 nitrogen and oxygen atoms in total. The maximum absolute atomic E-state index is 12.5. The highest BCUT2D eigenvalue weighted by molar-refractivity contribution is 5.92. The number of aryl methyl sites for hydroxylation is 1. The molecule has 0 N–H and O–H groups in total. The van der Waals surface area contributed by atoms with E-state index in [0.29, 0.717) is 6.04 Å². The molecule has 0 saturated carbocycles. The van der Waals surface area contributed by atoms with Crippen LogP contribution in [0.2, 0.25) is 0 Å². The number of amides is 1. The standard InChI is InChI=1S/C19H26N2O/c1-16-6-4-7-17(14-16)9-10-19(22)21-13-5-8-18(21)15-20-11-2-3-12-20/h4,6-7,9-10,14,18H,2-3,5,8,11-13,15H2,1H3/b10-9+. The molecule has 2 heterocycles. The number of likely N-dealkylation sites (tertiary alicyclic amines) is 2. The second-order valence-electron chi connectivity index (χ2n) is 6.58. The lowest BCUT2D eigenvalue weighted by Crippen LogP contribution is -2.41. The number of carbonyl (C=O) groups excluding carboxylic acids is 1. The fourth-order valence-electron chi connectivity index (χ4n) is 3.62. The van der Waals surface area contributed by atoms with Crippen LogP contribution in [0.15, 0.2) is 30.3 Å². The van der Waals surface area contributed by atoms with Gasteiger partial charge in [0.2, 0.25) is 5.91 Å². The smallest absolute Gasteiger partial charge is 0.246 e. The first kappa shape index (κ1) is 15.3. The van der Waals surface area contributed by atoms with Gasteiger partial charge in [0.1, 0.15) is 0 Å². The number of carbonyl (C=O) groups is 1. The van der Waals surface area contributed by atoms with E-state index in [2.05, 4.69) is 28.9 Å². The molecule has 1 aromatic rings. The highest BCUT2D eigenvalue weighted by Crippen LogP contribution is 2.21. The minimum atomic E-state index is 0.170. The molecule has 118 valence electrons. The van der Waals surface area contributed by atoms with Crippen molar-refractivity contribution in [2.45, 2.75) is 38.6 Å². The van der Waals surface area contributed by atoms with Crippen LogP contribution in [0.25, 0.3) is 6.08 Å². The van der Waals surface area contributed by atoms with E-state index < -0.39 is 0 Å². The predicted molar refractivity (Wildman–Crippen MR) is 90.6 cm³/mol. The first-order valence-corrected chi connectivity index (χ1v) is 8.50. The lowest BCUT2D eigenvalue weighted by Gasteiger charge is -2.27. The molecule has 3 rings (SSSR count). The molecule has 2 aliphatic heterocycles. The zero-order chi connectivity index (χ0) is 15.4. The molecule has 0 radical (unpaired) electrons. The first-order chi connectivity index (χ1) is 10.7. The van der Waals surface area contributed by atoms with Gasteiger partial charge in [-0.3, -0.25) is 4.79 Å². The molecular formula is C19H26N2O. The Hall–Kier alpha value is -1.61. The van der Waals surface area contributed by atoms with Crippen molar-refractivity contribution in [3.05, 3.63) is 41.5 Å². The number of benzene rings is 1. The van der Waals surface area contributed by atoms with E-state index in [4.69, 9.17) is 0 Å². The molecule has 2 saturated heterocycles. The summed E-state index contributed by atoms with van der Waals surface area (Å²) >= 11 is 0. The van der Waals surface area contributed by atoms with Crippen LogP contribution in [-0.2, 0) is 4.79 Å². The topological polar surface area (TPSA) is 23.6 Å². The molecule has 2 aliphatic rings. The molecule has 1 atom stereocenters. The lowest BCUT2D eigenvalue weighted by molar-refractivity contribution is -0.127. The fraction of sp³-hybridized carbons (Fsp3) is 0.526. The summed E-state index contributed by atoms with van der Waals surface area (Å²) in [7, 11) is 0. The van der Waals surface area contributed by atoms with Gasteiger partial charge in [-0.1, -0.05) is 29.8 Å². The molecule has 0 aromatic heterocycles. The van der Waals surface area contributed by atoms with E-state index in [0.717, 1.165) is 31.5 Å². The average Bonchev–Trinajstić information content (AvgIpc) is 3.17. The molecule has 3 heteroatoms. The van der Waals surface area contributed by atoms with Crippen LogP contribution in [0.4, 0.5) is 0 Å². The number of hydrogen-bond acceptors (Lipinski definition) is 2. The van der Waals surface area contributed by atoms with Crippen molar-refractivity contribution in [3.8, 4) is 0 Å². The Balaban J connectivity index is 1.60. The Morgan fingerprint density at radius 3 is 2.82 bits per heavy atom. The van der Waals surface area contributed by atoms with Gasteiger partial charge in [-0.05, 0) is 57.3 Å². The van der Waals surface area contributed by atoms with Crippen LogP contribution in [0, 0.1) is 6.92 Å². The number of nitrogens with zero attached hydrogens (tertiary/aromatic N) is 2. The van der Waals surface area contributed by atoms with Gasteiger partial charge in [-0.15, -0.1) is 0 Å². The fourth-order valence-corrected chi connectivity index (χ4v) is 3.62. The van der Waals surface area contributed by atoms with Gasteiger partial charge < -0.3 is 9.80 Å². The summed E-state index contributed by atoms with van der Waals surface area (Å²) in [5, 5.41) is 0. The van der Waals surface area contributed by atoms with Gasteiger partial charge in [0.25, 0.3) is 0 Å². The summed E-state index contributed by atoms with van der Waals surface area (Å²) in [5.41, 5.74) is 2.33. The van der Waals surface area contributed by atoms with Crippen LogP contribution in [0.3, 0.4) is 0 Å². The third-order valence-electron chi connectivity index (χ3n) is 4.79. The Bertz CT molecular complexity index is 546. The van der Waals surface area contributed by atoms with Crippen molar-refractivity contribution < 1.29 is 4.79 Å². The van der Waals surface area contributed by atoms with E-state index in [1.165, 1.54) is 31.5 Å². The largest absolute Gasteiger partial charge is 0.335 e. The molecular weight excluding hydrogens is 272 g/mol. The summed E-state index contributed by atoms with van der Waals surface area (Å²) in [4.78, 5) is 17.1. The molecule has 0 spiro atoms. The first-order valence-electron chi connectivity index (χ1n) is 8.50. The Morgan fingerprint density at radius 1 is 1.23 bits per heavy atom. The molecule has 1 amide bonds. The van der Waals surface area contributed by atoms with Gasteiger partial charge in [0.15, 0.2) is 0 Å². The Morgan fingerprint density at radius 2 is 2.05 bits per heavy atom. The van der Waals surface area contributed by atoms with Crippen LogP contribution in [0.5, 0.6) is 0 Å². The monoisotopic (exact) mass is 298 g/mol. The molecule has 0 aliphatic carbocycles. The average molecular weight is 298 g/mol. The highest BCUT2D eigenvalue weighted by atomic mass is 16.2. The van der Waals surface area contributed by atoms with Gasteiger partial charge in [0.05, 0.1) is 0 Å². The summed E-state index contributed by atoms with van der Waals surface area (Å²) in [6.45, 7) is 6.46. The van der Waals surface area contributed by atoms with Crippen LogP contribution in [0.1, 0.15) is 36.8 Å². The Labute approximate surface area is 133 Å². The summed E-state index contributed by atoms with van der Waals surface area (Å²) in [6.07, 6.45) is 8.61. The lowest BCUT2D eigenvalue weighted by atomic mass is 10.1. The van der Waals surface area contributed by atoms with Gasteiger partial charge in [-0.25, -0.2) is 0 Å². The van der Waals surface area contributed by atoms with Crippen molar-refractivity contribution in [1.82, 2.24) is 9.80 Å². The molecule has 1 unspecified atom stereocenters. The Kier molecular flexibility index (Phi) is 4.94. The second kappa shape index (κ2) is 7.10. The van der Waals surface area contributed by atoms with Crippen molar-refractivity contribution in [2.75, 3.05) is 26.2 Å². The second-order valence-corrected chi connectivity index (χ2v) is 6.58. The van der Waals surface area contributed by atoms with Gasteiger partial charge >= 0.3 is 0 Å². The van der Waals surface area contributed by atoms with E-state index in [1.54, 1.807) is 6.08 Å².